The van der Waals surface area contributed by atoms with Gasteiger partial charge in [0.05, 0.1) is 24.3 Å². The molecule has 4 aromatic rings. The van der Waals surface area contributed by atoms with E-state index >= 15 is 0 Å². The first-order chi connectivity index (χ1) is 13.6. The Hall–Kier alpha value is -3.92. The molecule has 0 aliphatic carbocycles. The van der Waals surface area contributed by atoms with Crippen molar-refractivity contribution in [2.45, 2.75) is 13.1 Å². The summed E-state index contributed by atoms with van der Waals surface area (Å²) in [6, 6.07) is 15.1. The van der Waals surface area contributed by atoms with Crippen molar-refractivity contribution in [3.05, 3.63) is 59.8 Å². The van der Waals surface area contributed by atoms with Crippen LogP contribution in [-0.2, 0) is 13.1 Å². The number of nitrogens with two attached hydrogens (primary N) is 2. The predicted octanol–water partition coefficient (Wildman–Crippen LogP) is 1.26. The van der Waals surface area contributed by atoms with Crippen molar-refractivity contribution >= 4 is 28.7 Å². The lowest BCUT2D eigenvalue weighted by molar-refractivity contribution is 0.475. The number of rotatable bonds is 6. The van der Waals surface area contributed by atoms with E-state index in [4.69, 9.17) is 16.6 Å². The molecule has 10 heteroatoms. The van der Waals surface area contributed by atoms with Crippen LogP contribution in [0.4, 0.5) is 17.8 Å². The normalized spacial score (nSPS) is 11.0. The van der Waals surface area contributed by atoms with Crippen molar-refractivity contribution in [3.63, 3.8) is 0 Å². The number of nitrogens with zero attached hydrogens (tertiary/aromatic N) is 5. The summed E-state index contributed by atoms with van der Waals surface area (Å²) in [5.74, 6) is 0.559. The first-order valence-electron chi connectivity index (χ1n) is 8.57. The lowest BCUT2D eigenvalue weighted by Gasteiger charge is -2.06. The molecule has 2 aromatic carbocycles. The zero-order valence-corrected chi connectivity index (χ0v) is 14.9. The number of fused-ring (bicyclic) bond motifs is 1. The van der Waals surface area contributed by atoms with Crippen LogP contribution < -0.4 is 22.3 Å². The third-order valence-electron chi connectivity index (χ3n) is 4.13. The van der Waals surface area contributed by atoms with E-state index in [2.05, 4.69) is 25.8 Å². The first kappa shape index (κ1) is 17.5. The number of nitrogens with one attached hydrogen (secondary N) is 2. The molecule has 10 nitrogen and oxygen atoms in total. The fourth-order valence-electron chi connectivity index (χ4n) is 2.89. The number of aromatic hydroxyl groups is 1. The monoisotopic (exact) mass is 377 g/mol. The summed E-state index contributed by atoms with van der Waals surface area (Å²) >= 11 is 0. The summed E-state index contributed by atoms with van der Waals surface area (Å²) < 4.78 is 1.93. The summed E-state index contributed by atoms with van der Waals surface area (Å²) in [7, 11) is 0. The van der Waals surface area contributed by atoms with Gasteiger partial charge in [-0.3, -0.25) is 10.1 Å². The van der Waals surface area contributed by atoms with Crippen molar-refractivity contribution in [3.8, 4) is 5.75 Å². The molecule has 0 atom stereocenters. The molecule has 0 fully saturated rings. The highest BCUT2D eigenvalue weighted by molar-refractivity contribution is 5.82. The second-order valence-corrected chi connectivity index (χ2v) is 6.14. The van der Waals surface area contributed by atoms with Gasteiger partial charge in [-0.25, -0.2) is 5.43 Å². The Morgan fingerprint density at radius 2 is 1.64 bits per heavy atom. The summed E-state index contributed by atoms with van der Waals surface area (Å²) in [6.45, 7) is 1.02. The molecule has 0 saturated carbocycles. The van der Waals surface area contributed by atoms with Gasteiger partial charge in [0.15, 0.2) is 0 Å². The van der Waals surface area contributed by atoms with E-state index < -0.39 is 0 Å². The molecule has 142 valence electrons. The third kappa shape index (κ3) is 3.76. The summed E-state index contributed by atoms with van der Waals surface area (Å²) in [6.07, 6.45) is 0. The molecule has 0 aliphatic rings. The largest absolute Gasteiger partial charge is 0.508 e. The van der Waals surface area contributed by atoms with Gasteiger partial charge in [-0.05, 0) is 23.8 Å². The van der Waals surface area contributed by atoms with Gasteiger partial charge >= 0.3 is 0 Å². The van der Waals surface area contributed by atoms with Gasteiger partial charge in [-0.1, -0.05) is 30.3 Å². The van der Waals surface area contributed by atoms with E-state index in [-0.39, 0.29) is 23.6 Å². The molecule has 2 heterocycles. The summed E-state index contributed by atoms with van der Waals surface area (Å²) in [5, 5.41) is 15.2. The number of benzene rings is 2. The van der Waals surface area contributed by atoms with E-state index in [1.165, 1.54) is 0 Å². The molecule has 4 rings (SSSR count). The number of phenolic OH excluding ortho intramolecular Hbond substituents is 1. The fraction of sp³-hybridized carbons (Fsp3) is 0.111. The molecule has 0 radical (unpaired) electrons. The maximum atomic E-state index is 9.46. The molecule has 7 N–H and O–H groups in total. The predicted molar refractivity (Wildman–Crippen MR) is 106 cm³/mol. The van der Waals surface area contributed by atoms with Crippen LogP contribution >= 0.6 is 0 Å². The van der Waals surface area contributed by atoms with Crippen molar-refractivity contribution in [2.75, 3.05) is 16.9 Å². The molecule has 0 spiro atoms. The molecule has 0 amide bonds. The number of para-hydroxylation sites is 1. The molecule has 0 aliphatic heterocycles. The average Bonchev–Trinajstić information content (AvgIpc) is 3.01. The number of aromatic nitrogens is 5. The maximum absolute atomic E-state index is 9.46. The van der Waals surface area contributed by atoms with Gasteiger partial charge in [0, 0.05) is 5.39 Å². The summed E-state index contributed by atoms with van der Waals surface area (Å²) in [4.78, 5) is 11.6. The van der Waals surface area contributed by atoms with Gasteiger partial charge in [0.25, 0.3) is 0 Å². The lowest BCUT2D eigenvalue weighted by Crippen LogP contribution is -2.24. The summed E-state index contributed by atoms with van der Waals surface area (Å²) in [5.41, 5.74) is 19.9. The maximum Gasteiger partial charge on any atom is 0.243 e. The smallest absolute Gasteiger partial charge is 0.243 e. The van der Waals surface area contributed by atoms with Crippen LogP contribution in [0.2, 0.25) is 0 Å². The number of hydrogen-bond acceptors (Lipinski definition) is 9. The second kappa shape index (κ2) is 7.37. The van der Waals surface area contributed by atoms with Crippen LogP contribution in [0.25, 0.3) is 10.9 Å². The zero-order valence-electron chi connectivity index (χ0n) is 14.9. The molecule has 0 saturated heterocycles. The number of anilines is 3. The number of hydrogen-bond donors (Lipinski definition) is 5. The van der Waals surface area contributed by atoms with Gasteiger partial charge in [0.1, 0.15) is 5.75 Å². The van der Waals surface area contributed by atoms with Crippen LogP contribution in [0.15, 0.2) is 48.5 Å². The highest BCUT2D eigenvalue weighted by atomic mass is 16.3. The van der Waals surface area contributed by atoms with Gasteiger partial charge in [-0.15, -0.1) is 0 Å². The topological polar surface area (TPSA) is 153 Å². The molecule has 28 heavy (non-hydrogen) atoms. The highest BCUT2D eigenvalue weighted by Gasteiger charge is 2.11. The minimum atomic E-state index is 0.0421. The van der Waals surface area contributed by atoms with Crippen molar-refractivity contribution in [2.24, 2.45) is 0 Å². The van der Waals surface area contributed by atoms with Gasteiger partial charge in [0.2, 0.25) is 17.8 Å². The minimum Gasteiger partial charge on any atom is -0.508 e. The van der Waals surface area contributed by atoms with Crippen LogP contribution in [0, 0.1) is 0 Å². The Morgan fingerprint density at radius 1 is 0.929 bits per heavy atom. The van der Waals surface area contributed by atoms with E-state index in [0.29, 0.717) is 13.1 Å². The molecular formula is C18H19N9O. The minimum absolute atomic E-state index is 0.0421. The van der Waals surface area contributed by atoms with Crippen molar-refractivity contribution < 1.29 is 5.11 Å². The van der Waals surface area contributed by atoms with Gasteiger partial charge < -0.3 is 16.6 Å². The van der Waals surface area contributed by atoms with Crippen molar-refractivity contribution in [1.29, 1.82) is 0 Å². The number of phenols is 1. The van der Waals surface area contributed by atoms with Crippen LogP contribution in [0.3, 0.4) is 0 Å². The number of hydrazine groups is 1. The van der Waals surface area contributed by atoms with Crippen LogP contribution in [0.1, 0.15) is 11.3 Å². The fourth-order valence-corrected chi connectivity index (χ4v) is 2.89. The molecule has 0 bridgehead atoms. The Bertz CT molecular complexity index is 1090. The Kier molecular flexibility index (Phi) is 4.60. The van der Waals surface area contributed by atoms with Crippen molar-refractivity contribution in [1.82, 2.24) is 30.2 Å². The van der Waals surface area contributed by atoms with Gasteiger partial charge in [-0.2, -0.15) is 20.1 Å². The molecular weight excluding hydrogens is 358 g/mol. The average molecular weight is 377 g/mol. The Morgan fingerprint density at radius 3 is 2.39 bits per heavy atom. The van der Waals surface area contributed by atoms with E-state index in [9.17, 15) is 5.11 Å². The van der Waals surface area contributed by atoms with E-state index in [0.717, 1.165) is 22.2 Å². The molecule has 2 aromatic heterocycles. The van der Waals surface area contributed by atoms with E-state index in [1.54, 1.807) is 12.1 Å². The van der Waals surface area contributed by atoms with Crippen LogP contribution in [-0.4, -0.2) is 29.8 Å². The third-order valence-corrected chi connectivity index (χ3v) is 4.13. The Labute approximate surface area is 160 Å². The number of nitrogen functional groups attached to an aromatic ring is 2. The highest BCUT2D eigenvalue weighted by Crippen LogP contribution is 2.20. The van der Waals surface area contributed by atoms with E-state index in [1.807, 2.05) is 41.1 Å². The van der Waals surface area contributed by atoms with Crippen LogP contribution in [0.5, 0.6) is 5.75 Å². The second-order valence-electron chi connectivity index (χ2n) is 6.14. The first-order valence-corrected chi connectivity index (χ1v) is 8.57. The Balaban J connectivity index is 1.53. The SMILES string of the molecule is Nc1nc(N)nc(NNCc2nn(Cc3ccc(O)cc3)c3ccccc23)n1. The zero-order chi connectivity index (χ0) is 19.5. The standard InChI is InChI=1S/C18H19N9O/c19-16-22-17(20)24-18(23-16)25-21-9-14-13-3-1-2-4-15(13)27(26-14)10-11-5-7-12(28)8-6-11/h1-8,21,28H,9-10H2,(H5,19,20,22,23,24,25). The molecule has 0 unspecified atom stereocenters. The lowest BCUT2D eigenvalue weighted by atomic mass is 10.2. The quantitative estimate of drug-likeness (QED) is 0.312.